The topological polar surface area (TPSA) is 46.2 Å². The van der Waals surface area contributed by atoms with E-state index in [1.54, 1.807) is 11.8 Å². The van der Waals surface area contributed by atoms with E-state index in [-0.39, 0.29) is 17.7 Å². The second-order valence-corrected chi connectivity index (χ2v) is 4.87. The van der Waals surface area contributed by atoms with Crippen LogP contribution in [0.1, 0.15) is 12.8 Å². The minimum Gasteiger partial charge on any atom is -0.296 e. The molecule has 1 saturated heterocycles. The molecular weight excluding hydrogens is 222 g/mol. The molecule has 84 valence electrons. The van der Waals surface area contributed by atoms with E-state index in [0.717, 1.165) is 10.6 Å². The molecule has 0 saturated carbocycles. The SMILES string of the molecule is O=C1CCC(CSc2ccccc2)C(=O)N1. The van der Waals surface area contributed by atoms with E-state index in [4.69, 9.17) is 0 Å². The molecule has 0 spiro atoms. The predicted octanol–water partition coefficient (Wildman–Crippen LogP) is 1.83. The molecule has 0 aromatic heterocycles. The van der Waals surface area contributed by atoms with E-state index >= 15 is 0 Å². The van der Waals surface area contributed by atoms with Gasteiger partial charge in [-0.3, -0.25) is 14.9 Å². The molecule has 0 bridgehead atoms. The van der Waals surface area contributed by atoms with E-state index in [9.17, 15) is 9.59 Å². The fourth-order valence-corrected chi connectivity index (χ4v) is 2.67. The largest absolute Gasteiger partial charge is 0.296 e. The first-order valence-electron chi connectivity index (χ1n) is 5.27. The molecule has 1 N–H and O–H groups in total. The molecule has 1 aliphatic rings. The summed E-state index contributed by atoms with van der Waals surface area (Å²) in [7, 11) is 0. The van der Waals surface area contributed by atoms with Crippen LogP contribution in [0.3, 0.4) is 0 Å². The van der Waals surface area contributed by atoms with Gasteiger partial charge in [0.2, 0.25) is 11.8 Å². The molecule has 2 amide bonds. The van der Waals surface area contributed by atoms with Crippen molar-refractivity contribution >= 4 is 23.6 Å². The van der Waals surface area contributed by atoms with Gasteiger partial charge < -0.3 is 0 Å². The molecule has 1 aromatic rings. The summed E-state index contributed by atoms with van der Waals surface area (Å²) >= 11 is 1.66. The van der Waals surface area contributed by atoms with Gasteiger partial charge in [0.25, 0.3) is 0 Å². The highest BCUT2D eigenvalue weighted by Gasteiger charge is 2.26. The maximum atomic E-state index is 11.5. The smallest absolute Gasteiger partial charge is 0.230 e. The van der Waals surface area contributed by atoms with Crippen LogP contribution < -0.4 is 5.32 Å². The summed E-state index contributed by atoms with van der Waals surface area (Å²) in [5.41, 5.74) is 0. The lowest BCUT2D eigenvalue weighted by Crippen LogP contribution is -2.41. The van der Waals surface area contributed by atoms with Crippen molar-refractivity contribution in [3.8, 4) is 0 Å². The zero-order valence-electron chi connectivity index (χ0n) is 8.81. The molecular formula is C12H13NO2S. The second-order valence-electron chi connectivity index (χ2n) is 3.77. The van der Waals surface area contributed by atoms with Gasteiger partial charge in [-0.15, -0.1) is 11.8 Å². The van der Waals surface area contributed by atoms with E-state index in [0.29, 0.717) is 12.8 Å². The zero-order valence-corrected chi connectivity index (χ0v) is 9.63. The number of hydrogen-bond donors (Lipinski definition) is 1. The third-order valence-corrected chi connectivity index (χ3v) is 3.72. The lowest BCUT2D eigenvalue weighted by molar-refractivity contribution is -0.135. The molecule has 1 unspecified atom stereocenters. The number of carbonyl (C=O) groups excluding carboxylic acids is 2. The summed E-state index contributed by atoms with van der Waals surface area (Å²) in [5.74, 6) is 0.428. The first-order valence-corrected chi connectivity index (χ1v) is 6.26. The Balaban J connectivity index is 1.87. The van der Waals surface area contributed by atoms with Crippen LogP contribution in [-0.2, 0) is 9.59 Å². The van der Waals surface area contributed by atoms with Crippen LogP contribution in [0.5, 0.6) is 0 Å². The lowest BCUT2D eigenvalue weighted by atomic mass is 10.0. The predicted molar refractivity (Wildman–Crippen MR) is 63.0 cm³/mol. The van der Waals surface area contributed by atoms with Gasteiger partial charge in [-0.25, -0.2) is 0 Å². The Bertz CT molecular complexity index is 391. The van der Waals surface area contributed by atoms with Gasteiger partial charge in [0.15, 0.2) is 0 Å². The summed E-state index contributed by atoms with van der Waals surface area (Å²) in [6.45, 7) is 0. The van der Waals surface area contributed by atoms with E-state index < -0.39 is 0 Å². The van der Waals surface area contributed by atoms with Crippen LogP contribution in [-0.4, -0.2) is 17.6 Å². The average Bonchev–Trinajstić information content (AvgIpc) is 2.29. The fraction of sp³-hybridized carbons (Fsp3) is 0.333. The molecule has 1 aromatic carbocycles. The van der Waals surface area contributed by atoms with Gasteiger partial charge in [-0.2, -0.15) is 0 Å². The highest BCUT2D eigenvalue weighted by molar-refractivity contribution is 7.99. The molecule has 1 fully saturated rings. The van der Waals surface area contributed by atoms with Crippen LogP contribution >= 0.6 is 11.8 Å². The van der Waals surface area contributed by atoms with E-state index in [1.165, 1.54) is 0 Å². The number of rotatable bonds is 3. The van der Waals surface area contributed by atoms with Crippen LogP contribution in [0.25, 0.3) is 0 Å². The Hall–Kier alpha value is -1.29. The minimum atomic E-state index is -0.147. The van der Waals surface area contributed by atoms with E-state index in [1.807, 2.05) is 30.3 Å². The maximum Gasteiger partial charge on any atom is 0.230 e. The number of hydrogen-bond acceptors (Lipinski definition) is 3. The number of carbonyl (C=O) groups is 2. The van der Waals surface area contributed by atoms with Crippen LogP contribution in [0.2, 0.25) is 0 Å². The molecule has 3 nitrogen and oxygen atoms in total. The van der Waals surface area contributed by atoms with Crippen LogP contribution in [0.4, 0.5) is 0 Å². The van der Waals surface area contributed by atoms with Gasteiger partial charge in [0.1, 0.15) is 0 Å². The normalized spacial score (nSPS) is 20.6. The van der Waals surface area contributed by atoms with Gasteiger partial charge in [-0.1, -0.05) is 18.2 Å². The Labute approximate surface area is 98.6 Å². The Morgan fingerprint density at radius 3 is 2.69 bits per heavy atom. The third-order valence-electron chi connectivity index (χ3n) is 2.55. The fourth-order valence-electron chi connectivity index (χ4n) is 1.61. The van der Waals surface area contributed by atoms with Crippen molar-refractivity contribution < 1.29 is 9.59 Å². The van der Waals surface area contributed by atoms with Crippen molar-refractivity contribution in [1.82, 2.24) is 5.32 Å². The molecule has 0 radical (unpaired) electrons. The molecule has 1 atom stereocenters. The number of imide groups is 1. The lowest BCUT2D eigenvalue weighted by Gasteiger charge is -2.20. The third kappa shape index (κ3) is 2.85. The van der Waals surface area contributed by atoms with Crippen molar-refractivity contribution in [3.05, 3.63) is 30.3 Å². The summed E-state index contributed by atoms with van der Waals surface area (Å²) < 4.78 is 0. The summed E-state index contributed by atoms with van der Waals surface area (Å²) in [4.78, 5) is 23.6. The minimum absolute atomic E-state index is 0.0390. The van der Waals surface area contributed by atoms with Gasteiger partial charge in [0.05, 0.1) is 0 Å². The van der Waals surface area contributed by atoms with Crippen molar-refractivity contribution in [2.75, 3.05) is 5.75 Å². The number of thioether (sulfide) groups is 1. The summed E-state index contributed by atoms with van der Waals surface area (Å²) in [5, 5.41) is 2.37. The maximum absolute atomic E-state index is 11.5. The van der Waals surface area contributed by atoms with Gasteiger partial charge >= 0.3 is 0 Å². The first-order chi connectivity index (χ1) is 7.75. The van der Waals surface area contributed by atoms with E-state index in [2.05, 4.69) is 5.32 Å². The van der Waals surface area contributed by atoms with Gasteiger partial charge in [-0.05, 0) is 18.6 Å². The zero-order chi connectivity index (χ0) is 11.4. The Kier molecular flexibility index (Phi) is 3.62. The number of amides is 2. The summed E-state index contributed by atoms with van der Waals surface area (Å²) in [6.07, 6.45) is 1.14. The first kappa shape index (κ1) is 11.2. The molecule has 1 heterocycles. The Morgan fingerprint density at radius 2 is 2.00 bits per heavy atom. The average molecular weight is 235 g/mol. The standard InChI is InChI=1S/C12H13NO2S/c14-11-7-6-9(12(15)13-11)8-16-10-4-2-1-3-5-10/h1-5,9H,6-8H2,(H,13,14,15). The molecule has 1 aliphatic heterocycles. The van der Waals surface area contributed by atoms with Crippen molar-refractivity contribution in [2.24, 2.45) is 5.92 Å². The highest BCUT2D eigenvalue weighted by Crippen LogP contribution is 2.24. The van der Waals surface area contributed by atoms with Crippen LogP contribution in [0.15, 0.2) is 35.2 Å². The molecule has 4 heteroatoms. The molecule has 16 heavy (non-hydrogen) atoms. The van der Waals surface area contributed by atoms with Gasteiger partial charge in [0, 0.05) is 23.0 Å². The molecule has 2 rings (SSSR count). The Morgan fingerprint density at radius 1 is 1.25 bits per heavy atom. The number of benzene rings is 1. The van der Waals surface area contributed by atoms with Crippen molar-refractivity contribution in [1.29, 1.82) is 0 Å². The van der Waals surface area contributed by atoms with Crippen LogP contribution in [0, 0.1) is 5.92 Å². The quantitative estimate of drug-likeness (QED) is 0.642. The molecule has 0 aliphatic carbocycles. The van der Waals surface area contributed by atoms with Crippen molar-refractivity contribution in [2.45, 2.75) is 17.7 Å². The monoisotopic (exact) mass is 235 g/mol. The highest BCUT2D eigenvalue weighted by atomic mass is 32.2. The van der Waals surface area contributed by atoms with Crippen molar-refractivity contribution in [3.63, 3.8) is 0 Å². The summed E-state index contributed by atoms with van der Waals surface area (Å²) in [6, 6.07) is 9.97. The number of piperidine rings is 1. The second kappa shape index (κ2) is 5.16. The number of nitrogens with one attached hydrogen (secondary N) is 1.